The van der Waals surface area contributed by atoms with Crippen molar-refractivity contribution in [3.05, 3.63) is 85.1 Å². The Labute approximate surface area is 110 Å². The predicted octanol–water partition coefficient (Wildman–Crippen LogP) is 4.49. The normalized spacial score (nSPS) is 13.7. The van der Waals surface area contributed by atoms with Gasteiger partial charge in [-0.2, -0.15) is 0 Å². The van der Waals surface area contributed by atoms with Gasteiger partial charge >= 0.3 is 0 Å². The first kappa shape index (κ1) is 15.9. The molecule has 0 aliphatic carbocycles. The van der Waals surface area contributed by atoms with Crippen LogP contribution >= 0.6 is 0 Å². The van der Waals surface area contributed by atoms with Crippen molar-refractivity contribution in [3.8, 4) is 0 Å². The van der Waals surface area contributed by atoms with E-state index in [0.717, 1.165) is 5.57 Å². The molecule has 0 radical (unpaired) electrons. The second kappa shape index (κ2) is 10.0. The number of carbonyl (C=O) groups is 1. The molecule has 0 aromatic heterocycles. The number of hydrogen-bond acceptors (Lipinski definition) is 1. The number of ketones is 1. The Morgan fingerprint density at radius 3 is 2.22 bits per heavy atom. The fraction of sp³-hybridized carbons (Fsp3) is 0.118. The van der Waals surface area contributed by atoms with Gasteiger partial charge in [-0.15, -0.1) is 0 Å². The van der Waals surface area contributed by atoms with E-state index in [2.05, 4.69) is 13.2 Å². The zero-order valence-corrected chi connectivity index (χ0v) is 11.1. The highest BCUT2D eigenvalue weighted by molar-refractivity contribution is 6.06. The van der Waals surface area contributed by atoms with Gasteiger partial charge in [0, 0.05) is 5.57 Å². The molecule has 0 aromatic carbocycles. The largest absolute Gasteiger partial charge is 0.289 e. The van der Waals surface area contributed by atoms with E-state index in [9.17, 15) is 4.79 Å². The summed E-state index contributed by atoms with van der Waals surface area (Å²) in [5, 5.41) is 0. The molecule has 0 aliphatic rings. The molecule has 0 rings (SSSR count). The van der Waals surface area contributed by atoms with Crippen molar-refractivity contribution in [1.82, 2.24) is 0 Å². The molecule has 18 heavy (non-hydrogen) atoms. The summed E-state index contributed by atoms with van der Waals surface area (Å²) in [4.78, 5) is 11.9. The smallest absolute Gasteiger partial charge is 0.185 e. The van der Waals surface area contributed by atoms with Gasteiger partial charge in [0.25, 0.3) is 0 Å². The van der Waals surface area contributed by atoms with E-state index in [1.54, 1.807) is 42.5 Å². The minimum absolute atomic E-state index is 0.0381. The Hall–Kier alpha value is -2.15. The van der Waals surface area contributed by atoms with Gasteiger partial charge in [0.2, 0.25) is 0 Å². The number of hydrogen-bond donors (Lipinski definition) is 0. The van der Waals surface area contributed by atoms with Gasteiger partial charge < -0.3 is 0 Å². The molecule has 0 spiro atoms. The Balaban J connectivity index is 4.87. The molecule has 94 valence electrons. The van der Waals surface area contributed by atoms with Crippen LogP contribution in [0.1, 0.15) is 13.8 Å². The summed E-state index contributed by atoms with van der Waals surface area (Å²) in [6.07, 6.45) is 17.6. The highest BCUT2D eigenvalue weighted by Crippen LogP contribution is 2.04. The molecule has 1 nitrogen and oxygen atoms in total. The third-order valence-corrected chi connectivity index (χ3v) is 2.15. The molecule has 0 N–H and O–H groups in total. The van der Waals surface area contributed by atoms with E-state index in [0.29, 0.717) is 5.57 Å². The van der Waals surface area contributed by atoms with Gasteiger partial charge in [0.15, 0.2) is 5.78 Å². The summed E-state index contributed by atoms with van der Waals surface area (Å²) >= 11 is 0. The van der Waals surface area contributed by atoms with Crippen LogP contribution in [-0.2, 0) is 4.79 Å². The maximum Gasteiger partial charge on any atom is 0.185 e. The lowest BCUT2D eigenvalue weighted by molar-refractivity contribution is -0.111. The molecular weight excluding hydrogens is 220 g/mol. The first-order valence-electron chi connectivity index (χ1n) is 5.82. The van der Waals surface area contributed by atoms with Crippen LogP contribution in [0.25, 0.3) is 0 Å². The molecular formula is C17H20O. The molecule has 0 heterocycles. The number of rotatable bonds is 7. The highest BCUT2D eigenvalue weighted by atomic mass is 16.1. The van der Waals surface area contributed by atoms with Gasteiger partial charge in [-0.1, -0.05) is 67.8 Å². The Kier molecular flexibility index (Phi) is 8.83. The van der Waals surface area contributed by atoms with Crippen LogP contribution in [0.4, 0.5) is 0 Å². The molecule has 0 unspecified atom stereocenters. The van der Waals surface area contributed by atoms with Crippen LogP contribution in [0.3, 0.4) is 0 Å². The van der Waals surface area contributed by atoms with E-state index in [1.165, 1.54) is 0 Å². The van der Waals surface area contributed by atoms with Crippen LogP contribution in [-0.4, -0.2) is 5.78 Å². The van der Waals surface area contributed by atoms with Gasteiger partial charge in [0.1, 0.15) is 0 Å². The average molecular weight is 240 g/mol. The third kappa shape index (κ3) is 6.44. The SMILES string of the molecule is C=C/C=C\C(=C/C)C(=O)/C=C/C(C=C)=C/C=C\C. The summed E-state index contributed by atoms with van der Waals surface area (Å²) in [6, 6.07) is 0. The minimum atomic E-state index is -0.0381. The Morgan fingerprint density at radius 2 is 1.72 bits per heavy atom. The van der Waals surface area contributed by atoms with Gasteiger partial charge in [-0.25, -0.2) is 0 Å². The Bertz CT molecular complexity index is 440. The first-order chi connectivity index (χ1) is 8.69. The molecule has 0 amide bonds. The fourth-order valence-corrected chi connectivity index (χ4v) is 1.16. The van der Waals surface area contributed by atoms with E-state index < -0.39 is 0 Å². The molecule has 0 aromatic rings. The zero-order chi connectivity index (χ0) is 13.8. The molecule has 0 saturated carbocycles. The minimum Gasteiger partial charge on any atom is -0.289 e. The molecule has 0 atom stereocenters. The summed E-state index contributed by atoms with van der Waals surface area (Å²) in [5.41, 5.74) is 1.53. The summed E-state index contributed by atoms with van der Waals surface area (Å²) in [5.74, 6) is -0.0381. The lowest BCUT2D eigenvalue weighted by Gasteiger charge is -1.95. The predicted molar refractivity (Wildman–Crippen MR) is 80.3 cm³/mol. The Morgan fingerprint density at radius 1 is 1.00 bits per heavy atom. The lowest BCUT2D eigenvalue weighted by atomic mass is 10.1. The van der Waals surface area contributed by atoms with Crippen LogP contribution in [0.2, 0.25) is 0 Å². The quantitative estimate of drug-likeness (QED) is 0.473. The van der Waals surface area contributed by atoms with Gasteiger partial charge in [-0.3, -0.25) is 4.79 Å². The maximum atomic E-state index is 11.9. The van der Waals surface area contributed by atoms with Crippen molar-refractivity contribution in [2.75, 3.05) is 0 Å². The molecule has 0 fully saturated rings. The standard InChI is InChI=1S/C17H20O/c1-5-9-11-15(7-3)13-14-17(18)16(8-4)12-10-6-2/h5-14H,2-3H2,1,4H3/b9-5-,12-10-,14-13+,15-11+,16-8+. The van der Waals surface area contributed by atoms with Crippen molar-refractivity contribution in [1.29, 1.82) is 0 Å². The summed E-state index contributed by atoms with van der Waals surface area (Å²) in [6.45, 7) is 11.0. The number of carbonyl (C=O) groups excluding carboxylic acids is 1. The highest BCUT2D eigenvalue weighted by Gasteiger charge is 1.99. The molecule has 0 bridgehead atoms. The summed E-state index contributed by atoms with van der Waals surface area (Å²) < 4.78 is 0. The van der Waals surface area contributed by atoms with Crippen LogP contribution in [0.5, 0.6) is 0 Å². The van der Waals surface area contributed by atoms with Crippen molar-refractivity contribution < 1.29 is 4.79 Å². The first-order valence-corrected chi connectivity index (χ1v) is 5.82. The van der Waals surface area contributed by atoms with Gasteiger partial charge in [-0.05, 0) is 25.5 Å². The second-order valence-electron chi connectivity index (χ2n) is 3.43. The lowest BCUT2D eigenvalue weighted by Crippen LogP contribution is -1.95. The van der Waals surface area contributed by atoms with Crippen LogP contribution in [0.15, 0.2) is 85.1 Å². The van der Waals surface area contributed by atoms with E-state index >= 15 is 0 Å². The topological polar surface area (TPSA) is 17.1 Å². The van der Waals surface area contributed by atoms with Crippen molar-refractivity contribution in [2.45, 2.75) is 13.8 Å². The molecule has 0 aliphatic heterocycles. The molecule has 0 saturated heterocycles. The van der Waals surface area contributed by atoms with Gasteiger partial charge in [0.05, 0.1) is 0 Å². The third-order valence-electron chi connectivity index (χ3n) is 2.15. The van der Waals surface area contributed by atoms with Crippen molar-refractivity contribution in [3.63, 3.8) is 0 Å². The van der Waals surface area contributed by atoms with Crippen LogP contribution in [0, 0.1) is 0 Å². The van der Waals surface area contributed by atoms with E-state index in [-0.39, 0.29) is 5.78 Å². The maximum absolute atomic E-state index is 11.9. The van der Waals surface area contributed by atoms with E-state index in [1.807, 2.05) is 32.1 Å². The molecule has 1 heteroatoms. The van der Waals surface area contributed by atoms with Crippen LogP contribution < -0.4 is 0 Å². The second-order valence-corrected chi connectivity index (χ2v) is 3.43. The monoisotopic (exact) mass is 240 g/mol. The average Bonchev–Trinajstić information content (AvgIpc) is 2.39. The zero-order valence-electron chi connectivity index (χ0n) is 11.1. The number of allylic oxidation sites excluding steroid dienone is 12. The van der Waals surface area contributed by atoms with E-state index in [4.69, 9.17) is 0 Å². The summed E-state index contributed by atoms with van der Waals surface area (Å²) in [7, 11) is 0. The fourth-order valence-electron chi connectivity index (χ4n) is 1.16. The van der Waals surface area contributed by atoms with Crippen molar-refractivity contribution >= 4 is 5.78 Å². The van der Waals surface area contributed by atoms with Crippen molar-refractivity contribution in [2.24, 2.45) is 0 Å².